The lowest BCUT2D eigenvalue weighted by atomic mass is 9.93. The third-order valence-corrected chi connectivity index (χ3v) is 6.13. The molecule has 0 aromatic heterocycles. The second kappa shape index (κ2) is 10.2. The van der Waals surface area contributed by atoms with E-state index in [0.717, 1.165) is 45.6 Å². The van der Waals surface area contributed by atoms with Crippen molar-refractivity contribution >= 4 is 5.91 Å². The highest BCUT2D eigenvalue weighted by molar-refractivity contribution is 5.78. The predicted octanol–water partition coefficient (Wildman–Crippen LogP) is 2.47. The molecule has 2 heterocycles. The molecule has 0 N–H and O–H groups in total. The van der Waals surface area contributed by atoms with E-state index in [4.69, 9.17) is 4.74 Å². The van der Waals surface area contributed by atoms with Crippen LogP contribution < -0.4 is 0 Å². The van der Waals surface area contributed by atoms with Crippen molar-refractivity contribution in [3.63, 3.8) is 0 Å². The summed E-state index contributed by atoms with van der Waals surface area (Å²) in [7, 11) is 3.59. The molecule has 5 nitrogen and oxygen atoms in total. The van der Waals surface area contributed by atoms with E-state index in [1.54, 1.807) is 7.11 Å². The second-order valence-electron chi connectivity index (χ2n) is 8.08. The number of methoxy groups -OCH3 is 1. The Hall–Kier alpha value is -1.43. The lowest BCUT2D eigenvalue weighted by Crippen LogP contribution is -2.51. The number of likely N-dealkylation sites (N-methyl/N-ethyl adjacent to an activating group) is 1. The van der Waals surface area contributed by atoms with Crippen LogP contribution in [0.5, 0.6) is 0 Å². The number of ether oxygens (including phenoxy) is 1. The molecule has 3 rings (SSSR count). The molecule has 2 saturated heterocycles. The largest absolute Gasteiger partial charge is 0.383 e. The molecule has 2 aliphatic rings. The van der Waals surface area contributed by atoms with Crippen LogP contribution >= 0.6 is 0 Å². The van der Waals surface area contributed by atoms with Crippen LogP contribution in [0.15, 0.2) is 30.3 Å². The highest BCUT2D eigenvalue weighted by atomic mass is 16.5. The Bertz CT molecular complexity index is 572. The Morgan fingerprint density at radius 1 is 1.15 bits per heavy atom. The maximum atomic E-state index is 12.7. The first-order valence-corrected chi connectivity index (χ1v) is 10.4. The van der Waals surface area contributed by atoms with Crippen molar-refractivity contribution in [3.05, 3.63) is 35.9 Å². The van der Waals surface area contributed by atoms with Crippen molar-refractivity contribution < 1.29 is 9.53 Å². The Balaban J connectivity index is 1.46. The van der Waals surface area contributed by atoms with Crippen molar-refractivity contribution in [2.24, 2.45) is 5.92 Å². The average Bonchev–Trinajstić information content (AvgIpc) is 2.73. The van der Waals surface area contributed by atoms with Gasteiger partial charge in [0.1, 0.15) is 0 Å². The summed E-state index contributed by atoms with van der Waals surface area (Å²) in [6.45, 7) is 6.74. The number of hydrogen-bond donors (Lipinski definition) is 0. The number of hydrogen-bond acceptors (Lipinski definition) is 4. The normalized spacial score (nSPS) is 22.7. The quantitative estimate of drug-likeness (QED) is 0.736. The first-order chi connectivity index (χ1) is 13.2. The van der Waals surface area contributed by atoms with Gasteiger partial charge in [-0.15, -0.1) is 0 Å². The molecule has 5 heteroatoms. The van der Waals surface area contributed by atoms with Crippen LogP contribution in [-0.2, 0) is 16.1 Å². The number of likely N-dealkylation sites (tertiary alicyclic amines) is 2. The standard InChI is InChI=1S/C22H35N3O2/c1-23(15-16-27-2)22(26)20-9-6-12-25(18-20)21-10-13-24(14-11-21)17-19-7-4-3-5-8-19/h3-5,7-8,20-21H,6,9-18H2,1-2H3/t20-/m0/s1. The molecule has 0 spiro atoms. The van der Waals surface area contributed by atoms with E-state index >= 15 is 0 Å². The van der Waals surface area contributed by atoms with Gasteiger partial charge in [-0.25, -0.2) is 0 Å². The molecular weight excluding hydrogens is 338 g/mol. The van der Waals surface area contributed by atoms with E-state index in [1.165, 1.54) is 18.4 Å². The van der Waals surface area contributed by atoms with Crippen LogP contribution in [0.2, 0.25) is 0 Å². The molecule has 0 radical (unpaired) electrons. The number of amides is 1. The van der Waals surface area contributed by atoms with Gasteiger partial charge in [0, 0.05) is 39.8 Å². The summed E-state index contributed by atoms with van der Waals surface area (Å²) in [6, 6.07) is 11.4. The number of nitrogens with zero attached hydrogens (tertiary/aromatic N) is 3. The highest BCUT2D eigenvalue weighted by Crippen LogP contribution is 2.25. The molecule has 2 aliphatic heterocycles. The van der Waals surface area contributed by atoms with Gasteiger partial charge in [-0.2, -0.15) is 0 Å². The second-order valence-corrected chi connectivity index (χ2v) is 8.08. The van der Waals surface area contributed by atoms with Crippen LogP contribution in [0.3, 0.4) is 0 Å². The van der Waals surface area contributed by atoms with Gasteiger partial charge in [-0.3, -0.25) is 14.6 Å². The minimum absolute atomic E-state index is 0.156. The molecule has 0 aliphatic carbocycles. The Morgan fingerprint density at radius 2 is 1.89 bits per heavy atom. The summed E-state index contributed by atoms with van der Waals surface area (Å²) >= 11 is 0. The van der Waals surface area contributed by atoms with Crippen molar-refractivity contribution in [1.29, 1.82) is 0 Å². The fraction of sp³-hybridized carbons (Fsp3) is 0.682. The van der Waals surface area contributed by atoms with E-state index in [2.05, 4.69) is 40.1 Å². The molecule has 27 heavy (non-hydrogen) atoms. The summed E-state index contributed by atoms with van der Waals surface area (Å²) in [6.07, 6.45) is 4.60. The molecule has 2 fully saturated rings. The lowest BCUT2D eigenvalue weighted by molar-refractivity contribution is -0.137. The third-order valence-electron chi connectivity index (χ3n) is 6.13. The lowest BCUT2D eigenvalue weighted by Gasteiger charge is -2.42. The fourth-order valence-electron chi connectivity index (χ4n) is 4.47. The minimum atomic E-state index is 0.156. The van der Waals surface area contributed by atoms with Crippen LogP contribution in [0.1, 0.15) is 31.2 Å². The van der Waals surface area contributed by atoms with E-state index < -0.39 is 0 Å². The van der Waals surface area contributed by atoms with Gasteiger partial charge in [0.2, 0.25) is 5.91 Å². The Labute approximate surface area is 164 Å². The molecule has 1 atom stereocenters. The summed E-state index contributed by atoms with van der Waals surface area (Å²) in [5.41, 5.74) is 1.40. The number of benzene rings is 1. The maximum Gasteiger partial charge on any atom is 0.226 e. The fourth-order valence-corrected chi connectivity index (χ4v) is 4.47. The van der Waals surface area contributed by atoms with E-state index in [9.17, 15) is 4.79 Å². The minimum Gasteiger partial charge on any atom is -0.383 e. The van der Waals surface area contributed by atoms with Gasteiger partial charge in [0.15, 0.2) is 0 Å². The molecule has 1 aromatic carbocycles. The van der Waals surface area contributed by atoms with E-state index in [-0.39, 0.29) is 5.92 Å². The highest BCUT2D eigenvalue weighted by Gasteiger charge is 2.32. The van der Waals surface area contributed by atoms with Crippen molar-refractivity contribution in [2.75, 3.05) is 53.5 Å². The monoisotopic (exact) mass is 373 g/mol. The summed E-state index contributed by atoms with van der Waals surface area (Å²) in [5.74, 6) is 0.446. The predicted molar refractivity (Wildman–Crippen MR) is 109 cm³/mol. The van der Waals surface area contributed by atoms with Crippen molar-refractivity contribution in [2.45, 2.75) is 38.3 Å². The van der Waals surface area contributed by atoms with Gasteiger partial charge in [-0.1, -0.05) is 30.3 Å². The Morgan fingerprint density at radius 3 is 2.59 bits per heavy atom. The van der Waals surface area contributed by atoms with Gasteiger partial charge < -0.3 is 9.64 Å². The van der Waals surface area contributed by atoms with Gasteiger partial charge in [0.05, 0.1) is 12.5 Å². The van der Waals surface area contributed by atoms with Crippen molar-refractivity contribution in [3.8, 4) is 0 Å². The Kier molecular flexibility index (Phi) is 7.68. The molecule has 1 amide bonds. The molecule has 150 valence electrons. The summed E-state index contributed by atoms with van der Waals surface area (Å²) < 4.78 is 5.11. The summed E-state index contributed by atoms with van der Waals surface area (Å²) in [4.78, 5) is 19.7. The number of piperidine rings is 2. The SMILES string of the molecule is COCCN(C)C(=O)[C@H]1CCCN(C2CCN(Cc3ccccc3)CC2)C1. The number of rotatable bonds is 7. The first kappa shape index (κ1) is 20.3. The topological polar surface area (TPSA) is 36.0 Å². The molecule has 0 unspecified atom stereocenters. The first-order valence-electron chi connectivity index (χ1n) is 10.4. The van der Waals surface area contributed by atoms with Crippen LogP contribution in [0.4, 0.5) is 0 Å². The zero-order valence-corrected chi connectivity index (χ0v) is 17.0. The summed E-state index contributed by atoms with van der Waals surface area (Å²) in [5, 5.41) is 0. The molecule has 0 bridgehead atoms. The van der Waals surface area contributed by atoms with Crippen LogP contribution in [0, 0.1) is 5.92 Å². The molecule has 1 aromatic rings. The smallest absolute Gasteiger partial charge is 0.226 e. The zero-order valence-electron chi connectivity index (χ0n) is 17.0. The van der Waals surface area contributed by atoms with E-state index in [0.29, 0.717) is 25.1 Å². The number of carbonyl (C=O) groups excluding carboxylic acids is 1. The van der Waals surface area contributed by atoms with Gasteiger partial charge in [-0.05, 0) is 50.9 Å². The number of carbonyl (C=O) groups is 1. The van der Waals surface area contributed by atoms with Gasteiger partial charge >= 0.3 is 0 Å². The van der Waals surface area contributed by atoms with Crippen LogP contribution in [-0.4, -0.2) is 80.1 Å². The van der Waals surface area contributed by atoms with Crippen LogP contribution in [0.25, 0.3) is 0 Å². The average molecular weight is 374 g/mol. The molecular formula is C22H35N3O2. The van der Waals surface area contributed by atoms with Crippen molar-refractivity contribution in [1.82, 2.24) is 14.7 Å². The maximum absolute atomic E-state index is 12.7. The van der Waals surface area contributed by atoms with E-state index in [1.807, 2.05) is 11.9 Å². The zero-order chi connectivity index (χ0) is 19.1. The van der Waals surface area contributed by atoms with Gasteiger partial charge in [0.25, 0.3) is 0 Å². The molecule has 0 saturated carbocycles. The third kappa shape index (κ3) is 5.77.